The molecule has 2 aliphatic heterocycles. The van der Waals surface area contributed by atoms with Crippen LogP contribution in [-0.2, 0) is 9.59 Å². The van der Waals surface area contributed by atoms with E-state index in [2.05, 4.69) is 32.7 Å². The molecule has 1 unspecified atom stereocenters. The summed E-state index contributed by atoms with van der Waals surface area (Å²) in [4.78, 5) is 31.0. The van der Waals surface area contributed by atoms with E-state index in [1.165, 1.54) is 4.90 Å². The average Bonchev–Trinajstić information content (AvgIpc) is 2.83. The predicted octanol–water partition coefficient (Wildman–Crippen LogP) is 1.72. The molecule has 0 bridgehead atoms. The second-order valence-corrected chi connectivity index (χ2v) is 6.56. The van der Waals surface area contributed by atoms with Gasteiger partial charge < -0.3 is 4.90 Å². The van der Waals surface area contributed by atoms with Crippen LogP contribution in [0.5, 0.6) is 0 Å². The zero-order valence-electron chi connectivity index (χ0n) is 12.7. The molecule has 6 heteroatoms. The van der Waals surface area contributed by atoms with E-state index in [4.69, 9.17) is 0 Å². The van der Waals surface area contributed by atoms with Crippen molar-refractivity contribution in [3.8, 4) is 0 Å². The monoisotopic (exact) mass is 365 g/mol. The van der Waals surface area contributed by atoms with Gasteiger partial charge in [0.25, 0.3) is 5.91 Å². The summed E-state index contributed by atoms with van der Waals surface area (Å²) in [5, 5.41) is 0. The molecule has 1 atom stereocenters. The number of piperazine rings is 1. The lowest BCUT2D eigenvalue weighted by Gasteiger charge is -2.36. The van der Waals surface area contributed by atoms with Crippen LogP contribution in [0.4, 0.5) is 5.69 Å². The third-order valence-corrected chi connectivity index (χ3v) is 5.18. The van der Waals surface area contributed by atoms with Gasteiger partial charge in [-0.05, 0) is 34.6 Å². The predicted molar refractivity (Wildman–Crippen MR) is 88.7 cm³/mol. The Bertz CT molecular complexity index is 585. The lowest BCUT2D eigenvalue weighted by atomic mass is 10.1. The summed E-state index contributed by atoms with van der Waals surface area (Å²) in [7, 11) is 0. The van der Waals surface area contributed by atoms with Crippen molar-refractivity contribution in [1.29, 1.82) is 0 Å². The molecular formula is C16H20BrN3O2. The molecule has 5 nitrogen and oxygen atoms in total. The summed E-state index contributed by atoms with van der Waals surface area (Å²) in [6.45, 7) is 6.80. The van der Waals surface area contributed by atoms with Crippen molar-refractivity contribution in [2.75, 3.05) is 37.6 Å². The molecule has 22 heavy (non-hydrogen) atoms. The van der Waals surface area contributed by atoms with Crippen molar-refractivity contribution >= 4 is 33.4 Å². The molecule has 2 heterocycles. The fourth-order valence-corrected chi connectivity index (χ4v) is 3.64. The Labute approximate surface area is 139 Å². The topological polar surface area (TPSA) is 43.9 Å². The first-order valence-electron chi connectivity index (χ1n) is 7.69. The lowest BCUT2D eigenvalue weighted by molar-refractivity contribution is -0.123. The second kappa shape index (κ2) is 6.48. The van der Waals surface area contributed by atoms with Crippen LogP contribution in [0.25, 0.3) is 0 Å². The zero-order chi connectivity index (χ0) is 15.7. The van der Waals surface area contributed by atoms with Gasteiger partial charge in [-0.25, -0.2) is 4.90 Å². The van der Waals surface area contributed by atoms with Crippen molar-refractivity contribution in [2.45, 2.75) is 19.4 Å². The molecule has 1 aromatic rings. The molecule has 2 amide bonds. The highest BCUT2D eigenvalue weighted by Gasteiger charge is 2.43. The normalized spacial score (nSPS) is 24.3. The molecule has 0 aromatic heterocycles. The summed E-state index contributed by atoms with van der Waals surface area (Å²) in [6.07, 6.45) is 0.284. The highest BCUT2D eigenvalue weighted by atomic mass is 79.9. The lowest BCUT2D eigenvalue weighted by Crippen LogP contribution is -2.52. The van der Waals surface area contributed by atoms with Crippen LogP contribution in [0, 0.1) is 0 Å². The maximum atomic E-state index is 12.7. The third-order valence-electron chi connectivity index (χ3n) is 4.51. The van der Waals surface area contributed by atoms with Gasteiger partial charge in [-0.3, -0.25) is 14.5 Å². The Morgan fingerprint density at radius 2 is 1.82 bits per heavy atom. The van der Waals surface area contributed by atoms with Gasteiger partial charge in [-0.15, -0.1) is 0 Å². The molecule has 0 saturated carbocycles. The van der Waals surface area contributed by atoms with E-state index in [0.29, 0.717) is 5.69 Å². The largest absolute Gasteiger partial charge is 0.301 e. The minimum absolute atomic E-state index is 0.0955. The Kier molecular flexibility index (Phi) is 4.61. The van der Waals surface area contributed by atoms with E-state index in [0.717, 1.165) is 37.2 Å². The van der Waals surface area contributed by atoms with Crippen LogP contribution in [0.1, 0.15) is 13.3 Å². The van der Waals surface area contributed by atoms with Gasteiger partial charge in [0.2, 0.25) is 5.91 Å². The van der Waals surface area contributed by atoms with Gasteiger partial charge in [0.05, 0.1) is 18.2 Å². The van der Waals surface area contributed by atoms with Crippen LogP contribution in [0.15, 0.2) is 28.7 Å². The summed E-state index contributed by atoms with van der Waals surface area (Å²) in [6, 6.07) is 7.06. The molecule has 0 radical (unpaired) electrons. The van der Waals surface area contributed by atoms with E-state index in [9.17, 15) is 9.59 Å². The van der Waals surface area contributed by atoms with E-state index >= 15 is 0 Å². The Hall–Kier alpha value is -1.24. The minimum Gasteiger partial charge on any atom is -0.301 e. The number of amides is 2. The van der Waals surface area contributed by atoms with Crippen molar-refractivity contribution in [3.05, 3.63) is 28.7 Å². The SMILES string of the molecule is CCN1CCN(C2CC(=O)N(c3ccccc3Br)C2=O)CC1. The fraction of sp³-hybridized carbons (Fsp3) is 0.500. The number of hydrogen-bond acceptors (Lipinski definition) is 4. The first kappa shape index (κ1) is 15.6. The quantitative estimate of drug-likeness (QED) is 0.765. The smallest absolute Gasteiger partial charge is 0.251 e. The molecular weight excluding hydrogens is 346 g/mol. The molecule has 2 fully saturated rings. The van der Waals surface area contributed by atoms with Gasteiger partial charge in [-0.2, -0.15) is 0 Å². The van der Waals surface area contributed by atoms with Crippen molar-refractivity contribution in [1.82, 2.24) is 9.80 Å². The highest BCUT2D eigenvalue weighted by Crippen LogP contribution is 2.31. The van der Waals surface area contributed by atoms with Crippen LogP contribution < -0.4 is 4.90 Å². The number of benzene rings is 1. The first-order chi connectivity index (χ1) is 10.6. The van der Waals surface area contributed by atoms with E-state index in [1.54, 1.807) is 6.07 Å². The summed E-state index contributed by atoms with van der Waals surface area (Å²) < 4.78 is 0.771. The number of nitrogens with zero attached hydrogens (tertiary/aromatic N) is 3. The van der Waals surface area contributed by atoms with E-state index in [1.807, 2.05) is 18.2 Å². The van der Waals surface area contributed by atoms with Crippen molar-refractivity contribution < 1.29 is 9.59 Å². The maximum absolute atomic E-state index is 12.7. The van der Waals surface area contributed by atoms with E-state index in [-0.39, 0.29) is 24.3 Å². The molecule has 1 aromatic carbocycles. The number of hydrogen-bond donors (Lipinski definition) is 0. The fourth-order valence-electron chi connectivity index (χ4n) is 3.18. The molecule has 0 aliphatic carbocycles. The molecule has 3 rings (SSSR count). The molecule has 2 saturated heterocycles. The van der Waals surface area contributed by atoms with Gasteiger partial charge in [0, 0.05) is 30.7 Å². The molecule has 0 N–H and O–H groups in total. The summed E-state index contributed by atoms with van der Waals surface area (Å²) in [5.41, 5.74) is 0.646. The number of rotatable bonds is 3. The number of imide groups is 1. The van der Waals surface area contributed by atoms with Gasteiger partial charge in [0.1, 0.15) is 0 Å². The summed E-state index contributed by atoms with van der Waals surface area (Å²) >= 11 is 3.43. The third kappa shape index (κ3) is 2.83. The van der Waals surface area contributed by atoms with Gasteiger partial charge >= 0.3 is 0 Å². The van der Waals surface area contributed by atoms with Crippen LogP contribution in [0.2, 0.25) is 0 Å². The molecule has 2 aliphatic rings. The Balaban J connectivity index is 1.76. The Morgan fingerprint density at radius 3 is 2.45 bits per heavy atom. The molecule has 0 spiro atoms. The Morgan fingerprint density at radius 1 is 1.14 bits per heavy atom. The number of para-hydroxylation sites is 1. The first-order valence-corrected chi connectivity index (χ1v) is 8.49. The van der Waals surface area contributed by atoms with Crippen LogP contribution in [0.3, 0.4) is 0 Å². The minimum atomic E-state index is -0.307. The van der Waals surface area contributed by atoms with Crippen molar-refractivity contribution in [3.63, 3.8) is 0 Å². The zero-order valence-corrected chi connectivity index (χ0v) is 14.3. The summed E-state index contributed by atoms with van der Waals surface area (Å²) in [5.74, 6) is -0.207. The standard InChI is InChI=1S/C16H20BrN3O2/c1-2-18-7-9-19(10-8-18)14-11-15(21)20(16(14)22)13-6-4-3-5-12(13)17/h3-6,14H,2,7-11H2,1H3. The van der Waals surface area contributed by atoms with Gasteiger partial charge in [0.15, 0.2) is 0 Å². The second-order valence-electron chi connectivity index (χ2n) is 5.71. The number of anilines is 1. The maximum Gasteiger partial charge on any atom is 0.251 e. The number of carbonyl (C=O) groups excluding carboxylic acids is 2. The number of carbonyl (C=O) groups is 2. The van der Waals surface area contributed by atoms with Crippen LogP contribution >= 0.6 is 15.9 Å². The number of likely N-dealkylation sites (N-methyl/N-ethyl adjacent to an activating group) is 1. The average molecular weight is 366 g/mol. The number of halogens is 1. The van der Waals surface area contributed by atoms with Crippen LogP contribution in [-0.4, -0.2) is 60.4 Å². The van der Waals surface area contributed by atoms with E-state index < -0.39 is 0 Å². The van der Waals surface area contributed by atoms with Crippen molar-refractivity contribution in [2.24, 2.45) is 0 Å². The van der Waals surface area contributed by atoms with Gasteiger partial charge in [-0.1, -0.05) is 19.1 Å². The highest BCUT2D eigenvalue weighted by molar-refractivity contribution is 9.10. The molecule has 118 valence electrons.